The molecule has 0 atom stereocenters. The molecule has 1 aromatic rings. The molecule has 8 nitrogen and oxygen atoms in total. The molecule has 21 heavy (non-hydrogen) atoms. The van der Waals surface area contributed by atoms with Crippen molar-refractivity contribution in [3.05, 3.63) is 16.1 Å². The van der Waals surface area contributed by atoms with Crippen molar-refractivity contribution >= 4 is 29.2 Å². The van der Waals surface area contributed by atoms with Crippen LogP contribution in [-0.2, 0) is 11.2 Å². The number of hydrogen-bond acceptors (Lipinski definition) is 5. The van der Waals surface area contributed by atoms with E-state index < -0.39 is 5.97 Å². The first kappa shape index (κ1) is 15.2. The Kier molecular flexibility index (Phi) is 5.09. The number of carbonyl (C=O) groups excluding carboxylic acids is 2. The molecule has 2 heterocycles. The van der Waals surface area contributed by atoms with Crippen LogP contribution in [0.3, 0.4) is 0 Å². The molecule has 0 bridgehead atoms. The summed E-state index contributed by atoms with van der Waals surface area (Å²) in [5.41, 5.74) is 0.0190. The highest BCUT2D eigenvalue weighted by molar-refractivity contribution is 7.09. The zero-order valence-electron chi connectivity index (χ0n) is 11.3. The minimum Gasteiger partial charge on any atom is -0.476 e. The third kappa shape index (κ3) is 4.42. The maximum absolute atomic E-state index is 11.9. The first-order chi connectivity index (χ1) is 10.1. The monoisotopic (exact) mass is 312 g/mol. The Morgan fingerprint density at radius 3 is 3.05 bits per heavy atom. The summed E-state index contributed by atoms with van der Waals surface area (Å²) in [5.74, 6) is -1.22. The van der Waals surface area contributed by atoms with Gasteiger partial charge in [-0.15, -0.1) is 11.3 Å². The number of thiazole rings is 1. The van der Waals surface area contributed by atoms with Crippen LogP contribution < -0.4 is 10.6 Å². The van der Waals surface area contributed by atoms with Gasteiger partial charge in [0.25, 0.3) is 0 Å². The summed E-state index contributed by atoms with van der Waals surface area (Å²) in [6.07, 6.45) is 1.19. The van der Waals surface area contributed by atoms with Crippen LogP contribution in [0.1, 0.15) is 21.9 Å². The Balaban J connectivity index is 1.77. The number of carbonyl (C=O) groups is 3. The van der Waals surface area contributed by atoms with E-state index in [1.165, 1.54) is 21.6 Å². The van der Waals surface area contributed by atoms with Gasteiger partial charge in [0.15, 0.2) is 5.69 Å². The fourth-order valence-electron chi connectivity index (χ4n) is 1.89. The number of amides is 3. The molecule has 0 aromatic carbocycles. The molecule has 0 unspecified atom stereocenters. The highest BCUT2D eigenvalue weighted by Crippen LogP contribution is 2.10. The third-order valence-electron chi connectivity index (χ3n) is 2.93. The summed E-state index contributed by atoms with van der Waals surface area (Å²) < 4.78 is 0. The minimum absolute atomic E-state index is 0.0190. The van der Waals surface area contributed by atoms with Crippen LogP contribution in [0.2, 0.25) is 0 Å². The van der Waals surface area contributed by atoms with Crippen LogP contribution >= 0.6 is 11.3 Å². The number of urea groups is 1. The highest BCUT2D eigenvalue weighted by Gasteiger charge is 2.19. The summed E-state index contributed by atoms with van der Waals surface area (Å²) >= 11 is 1.25. The zero-order valence-corrected chi connectivity index (χ0v) is 12.1. The van der Waals surface area contributed by atoms with Gasteiger partial charge in [-0.05, 0) is 6.42 Å². The Hall–Kier alpha value is -2.16. The predicted octanol–water partition coefficient (Wildman–Crippen LogP) is -0.0847. The number of aromatic nitrogens is 1. The molecule has 1 fully saturated rings. The van der Waals surface area contributed by atoms with Crippen molar-refractivity contribution < 1.29 is 19.5 Å². The average molecular weight is 312 g/mol. The summed E-state index contributed by atoms with van der Waals surface area (Å²) in [6.45, 7) is 1.53. The average Bonchev–Trinajstić information content (AvgIpc) is 2.80. The molecule has 1 saturated heterocycles. The second-order valence-electron chi connectivity index (χ2n) is 4.54. The van der Waals surface area contributed by atoms with E-state index in [2.05, 4.69) is 15.6 Å². The Morgan fingerprint density at radius 2 is 2.33 bits per heavy atom. The smallest absolute Gasteiger partial charge is 0.355 e. The number of nitrogens with one attached hydrogen (secondary N) is 2. The van der Waals surface area contributed by atoms with Gasteiger partial charge >= 0.3 is 12.0 Å². The minimum atomic E-state index is -1.06. The van der Waals surface area contributed by atoms with Gasteiger partial charge in [-0.1, -0.05) is 0 Å². The van der Waals surface area contributed by atoms with Crippen molar-refractivity contribution in [2.75, 3.05) is 26.2 Å². The molecule has 1 aliphatic rings. The standard InChI is InChI=1S/C12H16N4O4S/c17-9-6-16(5-1-3-13-9)12(20)14-4-2-10-15-8(7-21-10)11(18)19/h7H,1-6H2,(H,13,17)(H,14,20)(H,18,19). The van der Waals surface area contributed by atoms with Crippen LogP contribution in [0.25, 0.3) is 0 Å². The van der Waals surface area contributed by atoms with Gasteiger partial charge < -0.3 is 20.6 Å². The number of aromatic carboxylic acids is 1. The van der Waals surface area contributed by atoms with E-state index in [9.17, 15) is 14.4 Å². The lowest BCUT2D eigenvalue weighted by molar-refractivity contribution is -0.121. The van der Waals surface area contributed by atoms with Crippen molar-refractivity contribution in [3.63, 3.8) is 0 Å². The Morgan fingerprint density at radius 1 is 1.52 bits per heavy atom. The van der Waals surface area contributed by atoms with E-state index in [4.69, 9.17) is 5.11 Å². The largest absolute Gasteiger partial charge is 0.476 e. The Bertz CT molecular complexity index is 545. The van der Waals surface area contributed by atoms with Crippen molar-refractivity contribution in [1.82, 2.24) is 20.5 Å². The number of carboxylic acids is 1. The SMILES string of the molecule is O=C1CN(C(=O)NCCc2nc(C(=O)O)cs2)CCCN1. The van der Waals surface area contributed by atoms with Crippen molar-refractivity contribution in [1.29, 1.82) is 0 Å². The van der Waals surface area contributed by atoms with Crippen molar-refractivity contribution in [3.8, 4) is 0 Å². The molecule has 3 N–H and O–H groups in total. The molecule has 9 heteroatoms. The van der Waals surface area contributed by atoms with Gasteiger partial charge in [0.1, 0.15) is 6.54 Å². The maximum Gasteiger partial charge on any atom is 0.355 e. The molecule has 0 saturated carbocycles. The fraction of sp³-hybridized carbons (Fsp3) is 0.500. The lowest BCUT2D eigenvalue weighted by Crippen LogP contribution is -2.44. The van der Waals surface area contributed by atoms with E-state index in [0.29, 0.717) is 31.1 Å². The molecule has 1 aliphatic heterocycles. The second-order valence-corrected chi connectivity index (χ2v) is 5.48. The lowest BCUT2D eigenvalue weighted by Gasteiger charge is -2.19. The molecular formula is C12H16N4O4S. The fourth-order valence-corrected chi connectivity index (χ4v) is 2.66. The van der Waals surface area contributed by atoms with E-state index in [1.54, 1.807) is 0 Å². The highest BCUT2D eigenvalue weighted by atomic mass is 32.1. The van der Waals surface area contributed by atoms with Crippen LogP contribution in [0.4, 0.5) is 4.79 Å². The number of rotatable bonds is 4. The molecule has 0 spiro atoms. The van der Waals surface area contributed by atoms with Gasteiger partial charge in [-0.3, -0.25) is 4.79 Å². The van der Waals surface area contributed by atoms with Crippen LogP contribution in [0.5, 0.6) is 0 Å². The summed E-state index contributed by atoms with van der Waals surface area (Å²) in [5, 5.41) is 16.3. The quantitative estimate of drug-likeness (QED) is 0.720. The summed E-state index contributed by atoms with van der Waals surface area (Å²) in [4.78, 5) is 39.4. The lowest BCUT2D eigenvalue weighted by atomic mass is 10.4. The van der Waals surface area contributed by atoms with Gasteiger partial charge in [0.2, 0.25) is 5.91 Å². The first-order valence-corrected chi connectivity index (χ1v) is 7.41. The van der Waals surface area contributed by atoms with E-state index in [-0.39, 0.29) is 24.2 Å². The molecule has 0 radical (unpaired) electrons. The molecule has 114 valence electrons. The van der Waals surface area contributed by atoms with Crippen molar-refractivity contribution in [2.24, 2.45) is 0 Å². The van der Waals surface area contributed by atoms with E-state index >= 15 is 0 Å². The number of carboxylic acid groups (broad SMARTS) is 1. The molecule has 2 rings (SSSR count). The first-order valence-electron chi connectivity index (χ1n) is 6.53. The topological polar surface area (TPSA) is 112 Å². The number of nitrogens with zero attached hydrogens (tertiary/aromatic N) is 2. The second kappa shape index (κ2) is 7.02. The van der Waals surface area contributed by atoms with Crippen LogP contribution in [0.15, 0.2) is 5.38 Å². The van der Waals surface area contributed by atoms with Crippen LogP contribution in [0, 0.1) is 0 Å². The van der Waals surface area contributed by atoms with Crippen molar-refractivity contribution in [2.45, 2.75) is 12.8 Å². The summed E-state index contributed by atoms with van der Waals surface area (Å²) in [6, 6.07) is -0.290. The predicted molar refractivity (Wildman–Crippen MR) is 75.4 cm³/mol. The summed E-state index contributed by atoms with van der Waals surface area (Å²) in [7, 11) is 0. The number of hydrogen-bond donors (Lipinski definition) is 3. The van der Waals surface area contributed by atoms with Gasteiger partial charge in [-0.25, -0.2) is 14.6 Å². The molecule has 0 aliphatic carbocycles. The van der Waals surface area contributed by atoms with E-state index in [0.717, 1.165) is 6.42 Å². The molecule has 1 aromatic heterocycles. The third-order valence-corrected chi connectivity index (χ3v) is 3.84. The zero-order chi connectivity index (χ0) is 15.2. The Labute approximate surface area is 125 Å². The van der Waals surface area contributed by atoms with Gasteiger partial charge in [-0.2, -0.15) is 0 Å². The van der Waals surface area contributed by atoms with Gasteiger partial charge in [0.05, 0.1) is 5.01 Å². The normalized spacial score (nSPS) is 15.2. The van der Waals surface area contributed by atoms with E-state index in [1.807, 2.05) is 0 Å². The molecular weight excluding hydrogens is 296 g/mol. The molecule has 3 amide bonds. The van der Waals surface area contributed by atoms with Crippen LogP contribution in [-0.4, -0.2) is 59.1 Å². The maximum atomic E-state index is 11.9. The van der Waals surface area contributed by atoms with Gasteiger partial charge in [0, 0.05) is 31.4 Å².